The molecule has 154 valence electrons. The summed E-state index contributed by atoms with van der Waals surface area (Å²) in [6.45, 7) is 5.66. The summed E-state index contributed by atoms with van der Waals surface area (Å²) in [7, 11) is 0.502. The average molecular weight is 487 g/mol. The Morgan fingerprint density at radius 1 is 0.462 bits per heavy atom. The first-order valence-electron chi connectivity index (χ1n) is 11.7. The summed E-state index contributed by atoms with van der Waals surface area (Å²) < 4.78 is 0. The molecule has 4 aliphatic carbocycles. The fraction of sp³-hybridized carbons (Fsp3) is 1.00. The molecule has 0 unspecified atom stereocenters. The van der Waals surface area contributed by atoms with Crippen LogP contribution in [0.25, 0.3) is 0 Å². The molecule has 0 bridgehead atoms. The number of hydrogen-bond acceptors (Lipinski definition) is 0. The molecular formula is C23H42P2Pd. The molecule has 4 saturated carbocycles. The van der Waals surface area contributed by atoms with Crippen LogP contribution in [0.5, 0.6) is 0 Å². The predicted octanol–water partition coefficient (Wildman–Crippen LogP) is 8.45. The summed E-state index contributed by atoms with van der Waals surface area (Å²) in [5.41, 5.74) is 4.61. The van der Waals surface area contributed by atoms with Gasteiger partial charge in [0.15, 0.2) is 0 Å². The first-order valence-corrected chi connectivity index (χ1v) is 14.7. The van der Waals surface area contributed by atoms with Gasteiger partial charge in [-0.1, -0.05) is 81.1 Å². The van der Waals surface area contributed by atoms with E-state index in [4.69, 9.17) is 0 Å². The second-order valence-corrected chi connectivity index (χ2v) is 17.2. The van der Waals surface area contributed by atoms with Crippen LogP contribution in [0, 0.1) is 0 Å². The number of hydrogen-bond donors (Lipinski definition) is 0. The largest absolute Gasteiger partial charge is 0.0900 e. The van der Waals surface area contributed by atoms with Crippen molar-refractivity contribution in [1.82, 2.24) is 0 Å². The quantitative estimate of drug-likeness (QED) is 0.261. The Hall–Kier alpha value is 1.52. The SMILES string of the molecule is CC(C)(P(C1CCCC1)C1CCCC1)P(C1CCCC1)C1CCCC1.[Pd]. The van der Waals surface area contributed by atoms with Crippen LogP contribution < -0.4 is 0 Å². The van der Waals surface area contributed by atoms with Gasteiger partial charge in [-0.2, -0.15) is 0 Å². The third-order valence-electron chi connectivity index (χ3n) is 8.14. The zero-order chi connectivity index (χ0) is 17.3. The summed E-state index contributed by atoms with van der Waals surface area (Å²) in [5.74, 6) is 0. The van der Waals surface area contributed by atoms with Crippen LogP contribution >= 0.6 is 15.8 Å². The van der Waals surface area contributed by atoms with Crippen LogP contribution in [0.3, 0.4) is 0 Å². The molecule has 0 aromatic heterocycles. The van der Waals surface area contributed by atoms with Gasteiger partial charge in [-0.15, -0.1) is 0 Å². The van der Waals surface area contributed by atoms with E-state index in [-0.39, 0.29) is 36.3 Å². The maximum atomic E-state index is 2.83. The Kier molecular flexibility index (Phi) is 8.56. The standard InChI is InChI=1S/C23H42P2.Pd/c1-23(2,24(19-11-3-4-12-19)20-13-5-6-14-20)25(21-15-7-8-16-21)22-17-9-10-18-22;/h19-22H,3-18H2,1-2H3;. The maximum absolute atomic E-state index is 2.83. The van der Waals surface area contributed by atoms with E-state index in [0.717, 1.165) is 27.5 Å². The van der Waals surface area contributed by atoms with Crippen molar-refractivity contribution in [3.8, 4) is 0 Å². The summed E-state index contributed by atoms with van der Waals surface area (Å²) in [6, 6.07) is 0. The van der Waals surface area contributed by atoms with Gasteiger partial charge in [0, 0.05) is 25.3 Å². The summed E-state index contributed by atoms with van der Waals surface area (Å²) in [5, 5.41) is 0. The van der Waals surface area contributed by atoms with Crippen molar-refractivity contribution in [2.75, 3.05) is 0 Å². The van der Waals surface area contributed by atoms with Gasteiger partial charge in [-0.25, -0.2) is 0 Å². The minimum Gasteiger partial charge on any atom is -0.0900 e. The van der Waals surface area contributed by atoms with E-state index in [0.29, 0.717) is 0 Å². The molecule has 4 aliphatic rings. The second kappa shape index (κ2) is 10.0. The predicted molar refractivity (Wildman–Crippen MR) is 117 cm³/mol. The first kappa shape index (κ1) is 22.2. The van der Waals surface area contributed by atoms with Crippen LogP contribution in [-0.2, 0) is 20.4 Å². The van der Waals surface area contributed by atoms with Crippen molar-refractivity contribution in [1.29, 1.82) is 0 Å². The number of rotatable bonds is 6. The van der Waals surface area contributed by atoms with Crippen LogP contribution in [0.4, 0.5) is 0 Å². The monoisotopic (exact) mass is 486 g/mol. The van der Waals surface area contributed by atoms with Gasteiger partial charge >= 0.3 is 0 Å². The molecule has 0 radical (unpaired) electrons. The molecule has 26 heavy (non-hydrogen) atoms. The Morgan fingerprint density at radius 3 is 0.846 bits per heavy atom. The molecule has 0 aromatic carbocycles. The van der Waals surface area contributed by atoms with Gasteiger partial charge in [0.05, 0.1) is 0 Å². The second-order valence-electron chi connectivity index (χ2n) is 10.1. The van der Waals surface area contributed by atoms with E-state index in [1.807, 2.05) is 0 Å². The Bertz CT molecular complexity index is 344. The molecule has 0 aliphatic heterocycles. The Morgan fingerprint density at radius 2 is 0.654 bits per heavy atom. The summed E-state index contributed by atoms with van der Waals surface area (Å²) in [6.07, 6.45) is 25.2. The van der Waals surface area contributed by atoms with Crippen molar-refractivity contribution >= 4 is 15.8 Å². The molecular weight excluding hydrogens is 445 g/mol. The summed E-state index contributed by atoms with van der Waals surface area (Å²) in [4.78, 5) is 0.721. The third-order valence-corrected chi connectivity index (χ3v) is 17.3. The molecule has 4 rings (SSSR count). The van der Waals surface area contributed by atoms with E-state index in [2.05, 4.69) is 13.8 Å². The van der Waals surface area contributed by atoms with Gasteiger partial charge < -0.3 is 0 Å². The van der Waals surface area contributed by atoms with Crippen LogP contribution in [0.15, 0.2) is 0 Å². The van der Waals surface area contributed by atoms with E-state index in [1.54, 1.807) is 103 Å². The molecule has 0 saturated heterocycles. The fourth-order valence-corrected chi connectivity index (χ4v) is 18.7. The normalized spacial score (nSPS) is 27.2. The Labute approximate surface area is 180 Å². The smallest absolute Gasteiger partial charge is 0.00596 e. The summed E-state index contributed by atoms with van der Waals surface area (Å²) >= 11 is 0. The van der Waals surface area contributed by atoms with Gasteiger partial charge in [-0.05, 0) is 74.0 Å². The minimum atomic E-state index is 0. The molecule has 3 heteroatoms. The van der Waals surface area contributed by atoms with E-state index < -0.39 is 0 Å². The van der Waals surface area contributed by atoms with Crippen LogP contribution in [0.1, 0.15) is 117 Å². The molecule has 0 spiro atoms. The third kappa shape index (κ3) is 4.64. The molecule has 0 nitrogen and oxygen atoms in total. The zero-order valence-electron chi connectivity index (χ0n) is 17.3. The molecule has 0 N–H and O–H groups in total. The van der Waals surface area contributed by atoms with E-state index in [9.17, 15) is 0 Å². The maximum Gasteiger partial charge on any atom is 0.00596 e. The van der Waals surface area contributed by atoms with Crippen molar-refractivity contribution in [3.63, 3.8) is 0 Å². The average Bonchev–Trinajstić information content (AvgIpc) is 3.38. The van der Waals surface area contributed by atoms with Crippen LogP contribution in [0.2, 0.25) is 0 Å². The molecule has 0 atom stereocenters. The van der Waals surface area contributed by atoms with Gasteiger partial charge in [0.1, 0.15) is 0 Å². The minimum absolute atomic E-state index is 0. The van der Waals surface area contributed by atoms with E-state index in [1.165, 1.54) is 0 Å². The van der Waals surface area contributed by atoms with Crippen molar-refractivity contribution in [2.24, 2.45) is 0 Å². The van der Waals surface area contributed by atoms with Crippen molar-refractivity contribution < 1.29 is 20.4 Å². The zero-order valence-corrected chi connectivity index (χ0v) is 20.7. The Balaban J connectivity index is 0.00000196. The van der Waals surface area contributed by atoms with Crippen molar-refractivity contribution in [3.05, 3.63) is 0 Å². The molecule has 0 heterocycles. The first-order chi connectivity index (χ1) is 12.2. The molecule has 4 fully saturated rings. The molecule has 0 amide bonds. The van der Waals surface area contributed by atoms with E-state index >= 15 is 0 Å². The molecule has 0 aromatic rings. The fourth-order valence-electron chi connectivity index (χ4n) is 7.25. The topological polar surface area (TPSA) is 0 Å². The van der Waals surface area contributed by atoms with Crippen LogP contribution in [-0.4, -0.2) is 27.5 Å². The van der Waals surface area contributed by atoms with Gasteiger partial charge in [0.25, 0.3) is 0 Å². The van der Waals surface area contributed by atoms with Gasteiger partial charge in [0.2, 0.25) is 0 Å². The van der Waals surface area contributed by atoms with Crippen molar-refractivity contribution in [2.45, 2.75) is 144 Å². The van der Waals surface area contributed by atoms with Gasteiger partial charge in [-0.3, -0.25) is 0 Å².